The van der Waals surface area contributed by atoms with Crippen molar-refractivity contribution < 1.29 is 9.18 Å². The fourth-order valence-electron chi connectivity index (χ4n) is 2.55. The normalized spacial score (nSPS) is 10.7. The number of hydrogen-bond donors (Lipinski definition) is 1. The Morgan fingerprint density at radius 3 is 2.61 bits per heavy atom. The van der Waals surface area contributed by atoms with Gasteiger partial charge in [-0.25, -0.2) is 4.39 Å². The maximum Gasteiger partial charge on any atom is 0.257 e. The predicted molar refractivity (Wildman–Crippen MR) is 86.8 cm³/mol. The van der Waals surface area contributed by atoms with Crippen LogP contribution >= 0.6 is 0 Å². The van der Waals surface area contributed by atoms with Crippen molar-refractivity contribution in [2.24, 2.45) is 7.05 Å². The molecule has 0 aliphatic carbocycles. The van der Waals surface area contributed by atoms with E-state index in [9.17, 15) is 14.0 Å². The zero-order chi connectivity index (χ0) is 16.4. The molecule has 23 heavy (non-hydrogen) atoms. The molecule has 0 atom stereocenters. The molecular formula is C18H15FN2O2. The van der Waals surface area contributed by atoms with E-state index in [1.807, 2.05) is 30.3 Å². The van der Waals surface area contributed by atoms with Crippen LogP contribution in [-0.4, -0.2) is 10.5 Å². The van der Waals surface area contributed by atoms with Crippen LogP contribution in [0.25, 0.3) is 10.9 Å². The van der Waals surface area contributed by atoms with E-state index in [1.165, 1.54) is 29.0 Å². The summed E-state index contributed by atoms with van der Waals surface area (Å²) < 4.78 is 15.3. The molecule has 116 valence electrons. The average molecular weight is 310 g/mol. The topological polar surface area (TPSA) is 51.1 Å². The van der Waals surface area contributed by atoms with Crippen LogP contribution < -0.4 is 10.7 Å². The van der Waals surface area contributed by atoms with Crippen molar-refractivity contribution in [3.05, 3.63) is 81.9 Å². The highest BCUT2D eigenvalue weighted by Crippen LogP contribution is 2.14. The number of pyridine rings is 1. The summed E-state index contributed by atoms with van der Waals surface area (Å²) in [6.07, 6.45) is 1.37. The van der Waals surface area contributed by atoms with Crippen molar-refractivity contribution in [1.82, 2.24) is 9.88 Å². The van der Waals surface area contributed by atoms with Gasteiger partial charge < -0.3 is 9.88 Å². The third-order valence-electron chi connectivity index (χ3n) is 3.69. The Kier molecular flexibility index (Phi) is 3.93. The van der Waals surface area contributed by atoms with Crippen LogP contribution in [0.3, 0.4) is 0 Å². The quantitative estimate of drug-likeness (QED) is 0.808. The van der Waals surface area contributed by atoms with Gasteiger partial charge in [0.15, 0.2) is 0 Å². The lowest BCUT2D eigenvalue weighted by atomic mass is 10.1. The first-order valence-electron chi connectivity index (χ1n) is 7.18. The SMILES string of the molecule is Cn1cc(C(=O)NCc2ccccc2)c(=O)c2cccc(F)c21. The van der Waals surface area contributed by atoms with Gasteiger partial charge in [0.05, 0.1) is 5.52 Å². The van der Waals surface area contributed by atoms with Crippen LogP contribution in [0.2, 0.25) is 0 Å². The van der Waals surface area contributed by atoms with Crippen LogP contribution in [0.1, 0.15) is 15.9 Å². The van der Waals surface area contributed by atoms with E-state index in [-0.39, 0.29) is 16.5 Å². The molecule has 5 heteroatoms. The maximum absolute atomic E-state index is 13.9. The lowest BCUT2D eigenvalue weighted by Gasteiger charge is -2.10. The molecule has 4 nitrogen and oxygen atoms in total. The van der Waals surface area contributed by atoms with Crippen LogP contribution in [0, 0.1) is 5.82 Å². The van der Waals surface area contributed by atoms with Crippen molar-refractivity contribution in [3.8, 4) is 0 Å². The number of para-hydroxylation sites is 1. The summed E-state index contributed by atoms with van der Waals surface area (Å²) >= 11 is 0. The van der Waals surface area contributed by atoms with Gasteiger partial charge in [0.25, 0.3) is 5.91 Å². The summed E-state index contributed by atoms with van der Waals surface area (Å²) in [5.74, 6) is -0.959. The first-order chi connectivity index (χ1) is 11.1. The van der Waals surface area contributed by atoms with Crippen molar-refractivity contribution >= 4 is 16.8 Å². The summed E-state index contributed by atoms with van der Waals surface area (Å²) in [6, 6.07) is 13.7. The predicted octanol–water partition coefficient (Wildman–Crippen LogP) is 2.61. The van der Waals surface area contributed by atoms with E-state index in [0.29, 0.717) is 6.54 Å². The lowest BCUT2D eigenvalue weighted by Crippen LogP contribution is -2.29. The number of aryl methyl sites for hydroxylation is 1. The number of aromatic nitrogens is 1. The number of hydrogen-bond acceptors (Lipinski definition) is 2. The second-order valence-electron chi connectivity index (χ2n) is 5.29. The molecule has 0 saturated heterocycles. The Morgan fingerprint density at radius 2 is 1.87 bits per heavy atom. The first-order valence-corrected chi connectivity index (χ1v) is 7.18. The summed E-state index contributed by atoms with van der Waals surface area (Å²) in [5, 5.41) is 2.91. The molecule has 3 rings (SSSR count). The minimum Gasteiger partial charge on any atom is -0.348 e. The molecule has 2 aromatic carbocycles. The first kappa shape index (κ1) is 15.0. The molecule has 0 aliphatic rings. The van der Waals surface area contributed by atoms with E-state index in [0.717, 1.165) is 5.56 Å². The number of halogens is 1. The fourth-order valence-corrected chi connectivity index (χ4v) is 2.55. The van der Waals surface area contributed by atoms with Gasteiger partial charge in [-0.05, 0) is 17.7 Å². The number of rotatable bonds is 3. The Balaban J connectivity index is 1.95. The summed E-state index contributed by atoms with van der Waals surface area (Å²) in [6.45, 7) is 0.323. The molecule has 0 radical (unpaired) electrons. The molecule has 0 fully saturated rings. The smallest absolute Gasteiger partial charge is 0.257 e. The number of fused-ring (bicyclic) bond motifs is 1. The number of carbonyl (C=O) groups is 1. The zero-order valence-electron chi connectivity index (χ0n) is 12.5. The number of benzene rings is 2. The number of nitrogens with zero attached hydrogens (tertiary/aromatic N) is 1. The van der Waals surface area contributed by atoms with E-state index in [1.54, 1.807) is 7.05 Å². The van der Waals surface area contributed by atoms with Gasteiger partial charge in [-0.2, -0.15) is 0 Å². The molecule has 0 spiro atoms. The molecule has 1 amide bonds. The molecule has 0 unspecified atom stereocenters. The lowest BCUT2D eigenvalue weighted by molar-refractivity contribution is 0.0949. The number of carbonyl (C=O) groups excluding carboxylic acids is 1. The largest absolute Gasteiger partial charge is 0.348 e. The summed E-state index contributed by atoms with van der Waals surface area (Å²) in [4.78, 5) is 24.7. The van der Waals surface area contributed by atoms with Crippen LogP contribution in [-0.2, 0) is 13.6 Å². The van der Waals surface area contributed by atoms with Crippen molar-refractivity contribution in [3.63, 3.8) is 0 Å². The molecule has 0 bridgehead atoms. The highest BCUT2D eigenvalue weighted by atomic mass is 19.1. The molecule has 0 aliphatic heterocycles. The molecule has 3 aromatic rings. The molecule has 1 N–H and O–H groups in total. The summed E-state index contributed by atoms with van der Waals surface area (Å²) in [7, 11) is 1.61. The fraction of sp³-hybridized carbons (Fsp3) is 0.111. The Bertz CT molecular complexity index is 933. The highest BCUT2D eigenvalue weighted by molar-refractivity contribution is 5.97. The second-order valence-corrected chi connectivity index (χ2v) is 5.29. The van der Waals surface area contributed by atoms with Gasteiger partial charge in [0.2, 0.25) is 5.43 Å². The van der Waals surface area contributed by atoms with E-state index >= 15 is 0 Å². The molecule has 1 aromatic heterocycles. The Morgan fingerprint density at radius 1 is 1.13 bits per heavy atom. The van der Waals surface area contributed by atoms with Crippen molar-refractivity contribution in [2.45, 2.75) is 6.54 Å². The van der Waals surface area contributed by atoms with Gasteiger partial charge in [0, 0.05) is 25.2 Å². The third-order valence-corrected chi connectivity index (χ3v) is 3.69. The van der Waals surface area contributed by atoms with Crippen LogP contribution in [0.15, 0.2) is 59.5 Å². The van der Waals surface area contributed by atoms with Crippen molar-refractivity contribution in [1.29, 1.82) is 0 Å². The molecule has 1 heterocycles. The van der Waals surface area contributed by atoms with Crippen LogP contribution in [0.4, 0.5) is 4.39 Å². The Labute approximate surface area is 132 Å². The second kappa shape index (κ2) is 6.04. The maximum atomic E-state index is 13.9. The molecule has 0 saturated carbocycles. The minimum atomic E-state index is -0.488. The highest BCUT2D eigenvalue weighted by Gasteiger charge is 2.16. The standard InChI is InChI=1S/C18H15FN2O2/c1-21-11-14(17(22)13-8-5-9-15(19)16(13)21)18(23)20-10-12-6-3-2-4-7-12/h2-9,11H,10H2,1H3,(H,20,23). The van der Waals surface area contributed by atoms with Crippen LogP contribution in [0.5, 0.6) is 0 Å². The molecular weight excluding hydrogens is 295 g/mol. The van der Waals surface area contributed by atoms with E-state index in [4.69, 9.17) is 0 Å². The average Bonchev–Trinajstić information content (AvgIpc) is 2.56. The van der Waals surface area contributed by atoms with Crippen molar-refractivity contribution in [2.75, 3.05) is 0 Å². The third kappa shape index (κ3) is 2.85. The van der Waals surface area contributed by atoms with Gasteiger partial charge in [-0.1, -0.05) is 36.4 Å². The van der Waals surface area contributed by atoms with Gasteiger partial charge in [0.1, 0.15) is 11.4 Å². The Hall–Kier alpha value is -2.95. The number of amides is 1. The minimum absolute atomic E-state index is 0.00142. The zero-order valence-corrected chi connectivity index (χ0v) is 12.5. The monoisotopic (exact) mass is 310 g/mol. The van der Waals surface area contributed by atoms with E-state index in [2.05, 4.69) is 5.32 Å². The number of nitrogens with one attached hydrogen (secondary N) is 1. The van der Waals surface area contributed by atoms with E-state index < -0.39 is 17.2 Å². The van der Waals surface area contributed by atoms with Gasteiger partial charge in [-0.15, -0.1) is 0 Å². The van der Waals surface area contributed by atoms with Gasteiger partial charge in [-0.3, -0.25) is 9.59 Å². The van der Waals surface area contributed by atoms with Gasteiger partial charge >= 0.3 is 0 Å². The summed E-state index contributed by atoms with van der Waals surface area (Å²) in [5.41, 5.74) is 0.659.